The molecule has 0 aromatic carbocycles. The number of pyridine rings is 1. The number of anilines is 2. The minimum absolute atomic E-state index is 0.385. The SMILES string of the molecule is CCn1cnc2c(N)nc(NCc3cccnc3)nc21. The summed E-state index contributed by atoms with van der Waals surface area (Å²) in [6.45, 7) is 3.41. The highest BCUT2D eigenvalue weighted by molar-refractivity contribution is 5.82. The van der Waals surface area contributed by atoms with Crippen LogP contribution in [0.5, 0.6) is 0 Å². The molecule has 7 nitrogen and oxygen atoms in total. The Morgan fingerprint density at radius 3 is 3.00 bits per heavy atom. The molecule has 3 N–H and O–H groups in total. The van der Waals surface area contributed by atoms with E-state index in [4.69, 9.17) is 5.73 Å². The lowest BCUT2D eigenvalue weighted by atomic mass is 10.3. The zero-order valence-corrected chi connectivity index (χ0v) is 11.1. The zero-order valence-electron chi connectivity index (χ0n) is 11.1. The van der Waals surface area contributed by atoms with Crippen molar-refractivity contribution in [3.05, 3.63) is 36.4 Å². The molecule has 3 aromatic heterocycles. The van der Waals surface area contributed by atoms with Gasteiger partial charge in [0, 0.05) is 25.5 Å². The van der Waals surface area contributed by atoms with Crippen molar-refractivity contribution in [3.63, 3.8) is 0 Å². The third kappa shape index (κ3) is 2.25. The van der Waals surface area contributed by atoms with E-state index in [1.807, 2.05) is 23.6 Å². The van der Waals surface area contributed by atoms with Crippen LogP contribution >= 0.6 is 0 Å². The summed E-state index contributed by atoms with van der Waals surface area (Å²) in [5.41, 5.74) is 8.35. The maximum atomic E-state index is 5.91. The molecule has 0 spiro atoms. The number of hydrogen-bond donors (Lipinski definition) is 2. The number of aromatic nitrogens is 5. The van der Waals surface area contributed by atoms with Crippen LogP contribution in [0.25, 0.3) is 11.2 Å². The van der Waals surface area contributed by atoms with Crippen molar-refractivity contribution in [2.45, 2.75) is 20.0 Å². The summed E-state index contributed by atoms with van der Waals surface area (Å²) in [6.07, 6.45) is 5.26. The van der Waals surface area contributed by atoms with Crippen LogP contribution in [0, 0.1) is 0 Å². The number of nitrogen functional groups attached to an aromatic ring is 1. The Morgan fingerprint density at radius 1 is 1.35 bits per heavy atom. The van der Waals surface area contributed by atoms with Crippen LogP contribution in [-0.2, 0) is 13.1 Å². The van der Waals surface area contributed by atoms with E-state index in [2.05, 4.69) is 25.3 Å². The highest BCUT2D eigenvalue weighted by Gasteiger charge is 2.10. The molecule has 0 fully saturated rings. The lowest BCUT2D eigenvalue weighted by molar-refractivity contribution is 0.777. The monoisotopic (exact) mass is 269 g/mol. The molecule has 0 aliphatic heterocycles. The number of aryl methyl sites for hydroxylation is 1. The summed E-state index contributed by atoms with van der Waals surface area (Å²) in [7, 11) is 0. The molecular formula is C13H15N7. The van der Waals surface area contributed by atoms with Gasteiger partial charge in [-0.1, -0.05) is 6.07 Å². The van der Waals surface area contributed by atoms with Gasteiger partial charge in [0.05, 0.1) is 6.33 Å². The molecule has 0 atom stereocenters. The van der Waals surface area contributed by atoms with Gasteiger partial charge in [0.25, 0.3) is 0 Å². The highest BCUT2D eigenvalue weighted by Crippen LogP contribution is 2.18. The van der Waals surface area contributed by atoms with Gasteiger partial charge in [-0.05, 0) is 18.6 Å². The Hall–Kier alpha value is -2.70. The normalized spacial score (nSPS) is 10.8. The molecule has 20 heavy (non-hydrogen) atoms. The molecule has 0 aliphatic rings. The fourth-order valence-electron chi connectivity index (χ4n) is 1.96. The molecule has 0 bridgehead atoms. The van der Waals surface area contributed by atoms with E-state index < -0.39 is 0 Å². The predicted molar refractivity (Wildman–Crippen MR) is 77.0 cm³/mol. The third-order valence-corrected chi connectivity index (χ3v) is 3.00. The summed E-state index contributed by atoms with van der Waals surface area (Å²) >= 11 is 0. The molecule has 0 saturated heterocycles. The van der Waals surface area contributed by atoms with E-state index in [0.29, 0.717) is 23.8 Å². The van der Waals surface area contributed by atoms with Crippen LogP contribution in [0.3, 0.4) is 0 Å². The second kappa shape index (κ2) is 5.12. The Kier molecular flexibility index (Phi) is 3.16. The first-order chi connectivity index (χ1) is 9.78. The van der Waals surface area contributed by atoms with Crippen molar-refractivity contribution in [1.82, 2.24) is 24.5 Å². The number of fused-ring (bicyclic) bond motifs is 1. The molecule has 0 radical (unpaired) electrons. The van der Waals surface area contributed by atoms with Gasteiger partial charge in [-0.3, -0.25) is 4.98 Å². The Morgan fingerprint density at radius 2 is 2.25 bits per heavy atom. The van der Waals surface area contributed by atoms with E-state index in [-0.39, 0.29) is 0 Å². The minimum atomic E-state index is 0.385. The summed E-state index contributed by atoms with van der Waals surface area (Å²) < 4.78 is 1.93. The number of hydrogen-bond acceptors (Lipinski definition) is 6. The Labute approximate surface area is 115 Å². The van der Waals surface area contributed by atoms with Gasteiger partial charge in [0.2, 0.25) is 5.95 Å². The van der Waals surface area contributed by atoms with Crippen molar-refractivity contribution < 1.29 is 0 Å². The van der Waals surface area contributed by atoms with Crippen molar-refractivity contribution in [2.75, 3.05) is 11.1 Å². The average Bonchev–Trinajstić information content (AvgIpc) is 2.90. The lowest BCUT2D eigenvalue weighted by Gasteiger charge is -2.06. The third-order valence-electron chi connectivity index (χ3n) is 3.00. The lowest BCUT2D eigenvalue weighted by Crippen LogP contribution is -2.07. The van der Waals surface area contributed by atoms with Crippen molar-refractivity contribution in [1.29, 1.82) is 0 Å². The summed E-state index contributed by atoms with van der Waals surface area (Å²) in [4.78, 5) is 17.0. The number of nitrogens with one attached hydrogen (secondary N) is 1. The van der Waals surface area contributed by atoms with Crippen LogP contribution < -0.4 is 11.1 Å². The van der Waals surface area contributed by atoms with E-state index >= 15 is 0 Å². The van der Waals surface area contributed by atoms with Crippen LogP contribution in [0.1, 0.15) is 12.5 Å². The van der Waals surface area contributed by atoms with Gasteiger partial charge in [-0.15, -0.1) is 0 Å². The molecule has 102 valence electrons. The number of imidazole rings is 1. The molecular weight excluding hydrogens is 254 g/mol. The fourth-order valence-corrected chi connectivity index (χ4v) is 1.96. The van der Waals surface area contributed by atoms with Crippen molar-refractivity contribution >= 4 is 22.9 Å². The Balaban J connectivity index is 1.88. The first-order valence-corrected chi connectivity index (χ1v) is 6.39. The molecule has 0 amide bonds. The van der Waals surface area contributed by atoms with Gasteiger partial charge in [-0.25, -0.2) is 4.98 Å². The summed E-state index contributed by atoms with van der Waals surface area (Å²) in [5, 5.41) is 3.15. The van der Waals surface area contributed by atoms with E-state index in [9.17, 15) is 0 Å². The first kappa shape index (κ1) is 12.3. The zero-order chi connectivity index (χ0) is 13.9. The van der Waals surface area contributed by atoms with Crippen molar-refractivity contribution in [3.8, 4) is 0 Å². The van der Waals surface area contributed by atoms with E-state index in [1.165, 1.54) is 0 Å². The highest BCUT2D eigenvalue weighted by atomic mass is 15.2. The molecule has 0 aliphatic carbocycles. The average molecular weight is 269 g/mol. The smallest absolute Gasteiger partial charge is 0.227 e. The van der Waals surface area contributed by atoms with Gasteiger partial charge < -0.3 is 15.6 Å². The number of rotatable bonds is 4. The molecule has 7 heteroatoms. The summed E-state index contributed by atoms with van der Waals surface area (Å²) in [6, 6.07) is 3.87. The largest absolute Gasteiger partial charge is 0.382 e. The predicted octanol–water partition coefficient (Wildman–Crippen LogP) is 1.44. The second-order valence-electron chi connectivity index (χ2n) is 4.35. The maximum absolute atomic E-state index is 5.91. The first-order valence-electron chi connectivity index (χ1n) is 6.39. The summed E-state index contributed by atoms with van der Waals surface area (Å²) in [5.74, 6) is 0.880. The van der Waals surface area contributed by atoms with Gasteiger partial charge in [0.1, 0.15) is 5.52 Å². The van der Waals surface area contributed by atoms with E-state index in [0.717, 1.165) is 17.8 Å². The standard InChI is InChI=1S/C13H15N7/c1-2-20-8-17-10-11(14)18-13(19-12(10)20)16-7-9-4-3-5-15-6-9/h3-6,8H,2,7H2,1H3,(H3,14,16,18,19). The van der Waals surface area contributed by atoms with Gasteiger partial charge in [0.15, 0.2) is 11.5 Å². The van der Waals surface area contributed by atoms with Gasteiger partial charge in [-0.2, -0.15) is 9.97 Å². The molecule has 0 saturated carbocycles. The molecule has 3 aromatic rings. The van der Waals surface area contributed by atoms with Crippen LogP contribution in [0.4, 0.5) is 11.8 Å². The topological polar surface area (TPSA) is 94.5 Å². The minimum Gasteiger partial charge on any atom is -0.382 e. The molecule has 0 unspecified atom stereocenters. The maximum Gasteiger partial charge on any atom is 0.227 e. The fraction of sp³-hybridized carbons (Fsp3) is 0.231. The van der Waals surface area contributed by atoms with Crippen LogP contribution in [0.2, 0.25) is 0 Å². The molecule has 3 rings (SSSR count). The van der Waals surface area contributed by atoms with Gasteiger partial charge >= 0.3 is 0 Å². The second-order valence-corrected chi connectivity index (χ2v) is 4.35. The number of nitrogens with two attached hydrogens (primary N) is 1. The quantitative estimate of drug-likeness (QED) is 0.744. The van der Waals surface area contributed by atoms with E-state index in [1.54, 1.807) is 18.7 Å². The van der Waals surface area contributed by atoms with Crippen LogP contribution in [0.15, 0.2) is 30.9 Å². The van der Waals surface area contributed by atoms with Crippen molar-refractivity contribution in [2.24, 2.45) is 0 Å². The number of nitrogens with zero attached hydrogens (tertiary/aromatic N) is 5. The Bertz CT molecular complexity index is 720. The van der Waals surface area contributed by atoms with Crippen LogP contribution in [-0.4, -0.2) is 24.5 Å². The molecule has 3 heterocycles.